The van der Waals surface area contributed by atoms with Gasteiger partial charge >= 0.3 is 0 Å². The third kappa shape index (κ3) is 4.93. The summed E-state index contributed by atoms with van der Waals surface area (Å²) >= 11 is 0. The fourth-order valence-corrected chi connectivity index (χ4v) is 2.37. The Morgan fingerprint density at radius 2 is 2.00 bits per heavy atom. The fourth-order valence-electron chi connectivity index (χ4n) is 2.37. The molecule has 6 nitrogen and oxygen atoms in total. The summed E-state index contributed by atoms with van der Waals surface area (Å²) in [6, 6.07) is 10.8. The molecule has 0 amide bonds. The minimum absolute atomic E-state index is 0. The zero-order valence-electron chi connectivity index (χ0n) is 14.4. The van der Waals surface area contributed by atoms with Gasteiger partial charge in [-0.15, -0.1) is 34.2 Å². The molecule has 0 saturated heterocycles. The molecule has 1 aromatic heterocycles. The van der Waals surface area contributed by atoms with Gasteiger partial charge < -0.3 is 15.2 Å². The number of aliphatic imine (C=N–C) groups is 1. The lowest BCUT2D eigenvalue weighted by Gasteiger charge is -2.12. The van der Waals surface area contributed by atoms with Crippen LogP contribution in [0.4, 0.5) is 0 Å². The number of guanidine groups is 1. The maximum absolute atomic E-state index is 4.70. The molecule has 0 aliphatic heterocycles. The minimum Gasteiger partial charge on any atom is -0.353 e. The monoisotopic (exact) mass is 440 g/mol. The smallest absolute Gasteiger partial charge is 0.192 e. The molecular weight excluding hydrogens is 415 g/mol. The van der Waals surface area contributed by atoms with E-state index in [1.165, 1.54) is 12.0 Å². The number of rotatable bonds is 5. The van der Waals surface area contributed by atoms with Gasteiger partial charge in [0.25, 0.3) is 0 Å². The zero-order valence-corrected chi connectivity index (χ0v) is 16.7. The topological polar surface area (TPSA) is 67.1 Å². The van der Waals surface area contributed by atoms with Crippen LogP contribution in [0.2, 0.25) is 0 Å². The first kappa shape index (κ1) is 18.7. The first-order chi connectivity index (χ1) is 11.1. The minimum atomic E-state index is 0. The van der Waals surface area contributed by atoms with Crippen LogP contribution in [0.15, 0.2) is 35.3 Å². The Labute approximate surface area is 160 Å². The van der Waals surface area contributed by atoms with Gasteiger partial charge in [-0.05, 0) is 24.8 Å². The maximum atomic E-state index is 4.70. The highest BCUT2D eigenvalue weighted by molar-refractivity contribution is 14.0. The molecule has 1 saturated carbocycles. The number of nitrogens with one attached hydrogen (secondary N) is 2. The van der Waals surface area contributed by atoms with Crippen molar-refractivity contribution < 1.29 is 0 Å². The van der Waals surface area contributed by atoms with Crippen molar-refractivity contribution >= 4 is 29.9 Å². The van der Waals surface area contributed by atoms with E-state index in [-0.39, 0.29) is 24.0 Å². The van der Waals surface area contributed by atoms with E-state index in [1.807, 2.05) is 36.7 Å². The van der Waals surface area contributed by atoms with Crippen LogP contribution in [0, 0.1) is 12.8 Å². The van der Waals surface area contributed by atoms with Crippen LogP contribution in [0.5, 0.6) is 0 Å². The summed E-state index contributed by atoms with van der Waals surface area (Å²) < 4.78 is 1.99. The molecule has 2 aromatic rings. The Balaban J connectivity index is 0.00000208. The number of aryl methyl sites for hydroxylation is 1. The van der Waals surface area contributed by atoms with Crippen LogP contribution >= 0.6 is 24.0 Å². The van der Waals surface area contributed by atoms with Crippen LogP contribution < -0.4 is 10.6 Å². The normalized spacial score (nSPS) is 19.5. The van der Waals surface area contributed by atoms with Gasteiger partial charge in [0.1, 0.15) is 5.82 Å². The molecule has 2 N–H and O–H groups in total. The molecule has 2 unspecified atom stereocenters. The number of hydrogen-bond donors (Lipinski definition) is 2. The Morgan fingerprint density at radius 1 is 1.29 bits per heavy atom. The third-order valence-corrected chi connectivity index (χ3v) is 4.29. The molecule has 0 radical (unpaired) electrons. The van der Waals surface area contributed by atoms with E-state index in [4.69, 9.17) is 4.99 Å². The summed E-state index contributed by atoms with van der Waals surface area (Å²) in [7, 11) is 1.98. The second-order valence-electron chi connectivity index (χ2n) is 6.19. The van der Waals surface area contributed by atoms with Gasteiger partial charge in [0.15, 0.2) is 11.8 Å². The van der Waals surface area contributed by atoms with Gasteiger partial charge in [-0.3, -0.25) is 0 Å². The number of benzene rings is 1. The van der Waals surface area contributed by atoms with Gasteiger partial charge in [-0.25, -0.2) is 4.99 Å². The summed E-state index contributed by atoms with van der Waals surface area (Å²) in [6.07, 6.45) is 1.20. The van der Waals surface area contributed by atoms with Gasteiger partial charge in [0.2, 0.25) is 0 Å². The van der Waals surface area contributed by atoms with Gasteiger partial charge in [0.05, 0.1) is 13.1 Å². The van der Waals surface area contributed by atoms with Crippen LogP contribution in [0.1, 0.15) is 30.6 Å². The highest BCUT2D eigenvalue weighted by atomic mass is 127. The van der Waals surface area contributed by atoms with E-state index in [0.717, 1.165) is 23.5 Å². The van der Waals surface area contributed by atoms with Crippen LogP contribution in [0.3, 0.4) is 0 Å². The maximum Gasteiger partial charge on any atom is 0.192 e. The summed E-state index contributed by atoms with van der Waals surface area (Å²) in [5.41, 5.74) is 1.20. The van der Waals surface area contributed by atoms with E-state index in [0.29, 0.717) is 19.1 Å². The van der Waals surface area contributed by atoms with E-state index in [9.17, 15) is 0 Å². The summed E-state index contributed by atoms with van der Waals surface area (Å²) in [5.74, 6) is 3.37. The lowest BCUT2D eigenvalue weighted by Crippen LogP contribution is -2.39. The molecule has 24 heavy (non-hydrogen) atoms. The van der Waals surface area contributed by atoms with Crippen molar-refractivity contribution in [3.8, 4) is 0 Å². The van der Waals surface area contributed by atoms with Crippen LogP contribution in [-0.2, 0) is 20.1 Å². The van der Waals surface area contributed by atoms with Crippen LogP contribution in [-0.4, -0.2) is 26.8 Å². The quantitative estimate of drug-likeness (QED) is 0.426. The summed E-state index contributed by atoms with van der Waals surface area (Å²) in [4.78, 5) is 4.70. The summed E-state index contributed by atoms with van der Waals surface area (Å²) in [5, 5.41) is 15.1. The number of nitrogens with zero attached hydrogens (tertiary/aromatic N) is 4. The molecule has 0 spiro atoms. The number of halogens is 1. The molecule has 0 bridgehead atoms. The molecule has 7 heteroatoms. The second-order valence-corrected chi connectivity index (χ2v) is 6.19. The van der Waals surface area contributed by atoms with Crippen molar-refractivity contribution in [3.63, 3.8) is 0 Å². The van der Waals surface area contributed by atoms with Crippen molar-refractivity contribution in [1.82, 2.24) is 25.4 Å². The number of hydrogen-bond acceptors (Lipinski definition) is 3. The Hall–Kier alpha value is -1.64. The third-order valence-electron chi connectivity index (χ3n) is 4.29. The van der Waals surface area contributed by atoms with Crippen LogP contribution in [0.25, 0.3) is 0 Å². The van der Waals surface area contributed by atoms with Crippen molar-refractivity contribution in [3.05, 3.63) is 47.5 Å². The Bertz CT molecular complexity index is 682. The lowest BCUT2D eigenvalue weighted by molar-refractivity contribution is 0.704. The first-order valence-corrected chi connectivity index (χ1v) is 8.07. The van der Waals surface area contributed by atoms with Gasteiger partial charge in [0, 0.05) is 13.1 Å². The Kier molecular flexibility index (Phi) is 6.59. The molecule has 2 atom stereocenters. The highest BCUT2D eigenvalue weighted by Gasteiger charge is 2.33. The average molecular weight is 440 g/mol. The molecule has 1 heterocycles. The van der Waals surface area contributed by atoms with E-state index in [1.54, 1.807) is 0 Å². The Morgan fingerprint density at radius 3 is 2.58 bits per heavy atom. The summed E-state index contributed by atoms with van der Waals surface area (Å²) in [6.45, 7) is 5.47. The molecule has 1 aliphatic carbocycles. The van der Waals surface area contributed by atoms with Crippen molar-refractivity contribution in [2.24, 2.45) is 18.0 Å². The van der Waals surface area contributed by atoms with Gasteiger partial charge in [-0.2, -0.15) is 0 Å². The van der Waals surface area contributed by atoms with Crippen molar-refractivity contribution in [2.75, 3.05) is 0 Å². The van der Waals surface area contributed by atoms with Crippen molar-refractivity contribution in [1.29, 1.82) is 0 Å². The lowest BCUT2D eigenvalue weighted by atomic mass is 10.2. The molecular formula is C17H25IN6. The molecule has 1 aromatic carbocycles. The molecule has 130 valence electrons. The largest absolute Gasteiger partial charge is 0.353 e. The molecule has 3 rings (SSSR count). The highest BCUT2D eigenvalue weighted by Crippen LogP contribution is 2.28. The SMILES string of the molecule is Cc1nnc(CNC(=NCc2ccccc2)NC2CC2C)n1C.I. The number of aromatic nitrogens is 3. The fraction of sp³-hybridized carbons (Fsp3) is 0.471. The molecule has 1 aliphatic rings. The van der Waals surface area contributed by atoms with E-state index >= 15 is 0 Å². The second kappa shape index (κ2) is 8.46. The van der Waals surface area contributed by atoms with Gasteiger partial charge in [-0.1, -0.05) is 37.3 Å². The molecule has 1 fully saturated rings. The first-order valence-electron chi connectivity index (χ1n) is 8.07. The van der Waals surface area contributed by atoms with E-state index < -0.39 is 0 Å². The predicted octanol–water partition coefficient (Wildman–Crippen LogP) is 2.39. The standard InChI is InChI=1S/C17H24N6.HI/c1-12-9-15(12)20-17(18-10-14-7-5-4-6-8-14)19-11-16-22-21-13(2)23(16)3;/h4-8,12,15H,9-11H2,1-3H3,(H2,18,19,20);1H. The zero-order chi connectivity index (χ0) is 16.2. The average Bonchev–Trinajstić information content (AvgIpc) is 3.17. The van der Waals surface area contributed by atoms with E-state index in [2.05, 4.69) is 39.9 Å². The van der Waals surface area contributed by atoms with Crippen molar-refractivity contribution in [2.45, 2.75) is 39.4 Å². The predicted molar refractivity (Wildman–Crippen MR) is 106 cm³/mol.